The summed E-state index contributed by atoms with van der Waals surface area (Å²) in [6, 6.07) is 6.44. The molecule has 1 fully saturated rings. The number of benzene rings is 1. The first-order valence-corrected chi connectivity index (χ1v) is 5.65. The van der Waals surface area contributed by atoms with E-state index in [-0.39, 0.29) is 0 Å². The maximum Gasteiger partial charge on any atom is 0.254 e. The Labute approximate surface area is 95.8 Å². The second kappa shape index (κ2) is 3.83. The molecule has 1 aromatic rings. The third-order valence-electron chi connectivity index (χ3n) is 3.12. The van der Waals surface area contributed by atoms with Crippen LogP contribution in [0.5, 0.6) is 0 Å². The SMILES string of the molecule is NC(C(F)F)C1(c2ccc(Br)cc2)CC1. The Bertz CT molecular complexity index is 346. The van der Waals surface area contributed by atoms with Crippen LogP contribution in [0.25, 0.3) is 0 Å². The van der Waals surface area contributed by atoms with Gasteiger partial charge in [0.2, 0.25) is 0 Å². The summed E-state index contributed by atoms with van der Waals surface area (Å²) in [7, 11) is 0. The molecule has 0 aromatic heterocycles. The van der Waals surface area contributed by atoms with Crippen LogP contribution in [0.2, 0.25) is 0 Å². The molecule has 0 radical (unpaired) electrons. The Morgan fingerprint density at radius 3 is 2.13 bits per heavy atom. The number of rotatable bonds is 3. The molecular weight excluding hydrogens is 264 g/mol. The van der Waals surface area contributed by atoms with Gasteiger partial charge in [-0.05, 0) is 30.5 Å². The molecule has 1 aliphatic carbocycles. The molecular formula is C11H12BrF2N. The Kier molecular flexibility index (Phi) is 2.81. The number of halogens is 3. The van der Waals surface area contributed by atoms with Crippen LogP contribution in [0.3, 0.4) is 0 Å². The van der Waals surface area contributed by atoms with Crippen LogP contribution in [0.4, 0.5) is 8.78 Å². The van der Waals surface area contributed by atoms with Crippen molar-refractivity contribution in [3.05, 3.63) is 34.3 Å². The van der Waals surface area contributed by atoms with E-state index in [1.54, 1.807) is 0 Å². The molecule has 15 heavy (non-hydrogen) atoms. The topological polar surface area (TPSA) is 26.0 Å². The fourth-order valence-electron chi connectivity index (χ4n) is 1.97. The van der Waals surface area contributed by atoms with E-state index in [4.69, 9.17) is 5.73 Å². The van der Waals surface area contributed by atoms with Crippen LogP contribution in [0.15, 0.2) is 28.7 Å². The third kappa shape index (κ3) is 1.93. The molecule has 1 aliphatic rings. The largest absolute Gasteiger partial charge is 0.322 e. The van der Waals surface area contributed by atoms with Gasteiger partial charge in [0.15, 0.2) is 0 Å². The Morgan fingerprint density at radius 1 is 1.20 bits per heavy atom. The maximum atomic E-state index is 12.6. The number of hydrogen-bond acceptors (Lipinski definition) is 1. The predicted molar refractivity (Wildman–Crippen MR) is 59.0 cm³/mol. The van der Waals surface area contributed by atoms with Gasteiger partial charge in [-0.1, -0.05) is 28.1 Å². The molecule has 0 saturated heterocycles. The first kappa shape index (κ1) is 11.0. The van der Waals surface area contributed by atoms with Crippen molar-refractivity contribution in [3.63, 3.8) is 0 Å². The summed E-state index contributed by atoms with van der Waals surface area (Å²) in [6.45, 7) is 0. The summed E-state index contributed by atoms with van der Waals surface area (Å²) in [5, 5.41) is 0. The number of alkyl halides is 2. The standard InChI is InChI=1S/C11H12BrF2N/c12-8-3-1-7(2-4-8)11(5-6-11)9(15)10(13)14/h1-4,9-10H,5-6,15H2. The van der Waals surface area contributed by atoms with Crippen molar-refractivity contribution in [2.45, 2.75) is 30.7 Å². The van der Waals surface area contributed by atoms with Gasteiger partial charge >= 0.3 is 0 Å². The first-order valence-electron chi connectivity index (χ1n) is 4.86. The average Bonchev–Trinajstić information content (AvgIpc) is 2.99. The molecule has 1 saturated carbocycles. The van der Waals surface area contributed by atoms with Crippen LogP contribution in [-0.2, 0) is 5.41 Å². The van der Waals surface area contributed by atoms with E-state index in [1.807, 2.05) is 24.3 Å². The van der Waals surface area contributed by atoms with Crippen molar-refractivity contribution in [2.24, 2.45) is 5.73 Å². The minimum absolute atomic E-state index is 0.477. The van der Waals surface area contributed by atoms with Crippen molar-refractivity contribution in [1.82, 2.24) is 0 Å². The van der Waals surface area contributed by atoms with E-state index in [0.717, 1.165) is 22.9 Å². The molecule has 0 bridgehead atoms. The van der Waals surface area contributed by atoms with E-state index in [1.165, 1.54) is 0 Å². The molecule has 0 amide bonds. The smallest absolute Gasteiger partial charge is 0.254 e. The molecule has 0 aliphatic heterocycles. The van der Waals surface area contributed by atoms with Gasteiger partial charge in [-0.2, -0.15) is 0 Å². The lowest BCUT2D eigenvalue weighted by Gasteiger charge is -2.23. The van der Waals surface area contributed by atoms with E-state index in [9.17, 15) is 8.78 Å². The Balaban J connectivity index is 2.26. The Hall–Kier alpha value is -0.480. The number of hydrogen-bond donors (Lipinski definition) is 1. The second-order valence-electron chi connectivity index (χ2n) is 4.02. The van der Waals surface area contributed by atoms with Gasteiger partial charge in [-0.15, -0.1) is 0 Å². The zero-order valence-corrected chi connectivity index (χ0v) is 9.68. The summed E-state index contributed by atoms with van der Waals surface area (Å²) in [5.74, 6) is 0. The highest BCUT2D eigenvalue weighted by Gasteiger charge is 2.52. The normalized spacial score (nSPS) is 20.3. The summed E-state index contributed by atoms with van der Waals surface area (Å²) in [5.41, 5.74) is 6.02. The minimum atomic E-state index is -2.45. The van der Waals surface area contributed by atoms with E-state index in [0.29, 0.717) is 0 Å². The van der Waals surface area contributed by atoms with Crippen LogP contribution in [0, 0.1) is 0 Å². The van der Waals surface area contributed by atoms with E-state index in [2.05, 4.69) is 15.9 Å². The van der Waals surface area contributed by atoms with Crippen molar-refractivity contribution in [2.75, 3.05) is 0 Å². The summed E-state index contributed by atoms with van der Waals surface area (Å²) in [6.07, 6.45) is -0.920. The van der Waals surface area contributed by atoms with Crippen LogP contribution < -0.4 is 5.73 Å². The molecule has 0 heterocycles. The molecule has 1 atom stereocenters. The fraction of sp³-hybridized carbons (Fsp3) is 0.455. The monoisotopic (exact) mass is 275 g/mol. The van der Waals surface area contributed by atoms with Gasteiger partial charge in [-0.3, -0.25) is 0 Å². The lowest BCUT2D eigenvalue weighted by atomic mass is 9.89. The highest BCUT2D eigenvalue weighted by atomic mass is 79.9. The van der Waals surface area contributed by atoms with Gasteiger partial charge in [0.25, 0.3) is 6.43 Å². The highest BCUT2D eigenvalue weighted by Crippen LogP contribution is 2.51. The molecule has 1 unspecified atom stereocenters. The number of nitrogens with two attached hydrogens (primary N) is 1. The zero-order chi connectivity index (χ0) is 11.1. The average molecular weight is 276 g/mol. The molecule has 2 rings (SSSR count). The maximum absolute atomic E-state index is 12.6. The lowest BCUT2D eigenvalue weighted by Crippen LogP contribution is -2.41. The van der Waals surface area contributed by atoms with Crippen LogP contribution in [0.1, 0.15) is 18.4 Å². The quantitative estimate of drug-likeness (QED) is 0.902. The zero-order valence-electron chi connectivity index (χ0n) is 8.09. The molecule has 1 nitrogen and oxygen atoms in total. The van der Waals surface area contributed by atoms with Gasteiger partial charge in [0, 0.05) is 9.89 Å². The summed E-state index contributed by atoms with van der Waals surface area (Å²) >= 11 is 3.32. The summed E-state index contributed by atoms with van der Waals surface area (Å²) in [4.78, 5) is 0. The fourth-order valence-corrected chi connectivity index (χ4v) is 2.24. The van der Waals surface area contributed by atoms with Crippen LogP contribution >= 0.6 is 15.9 Å². The minimum Gasteiger partial charge on any atom is -0.322 e. The third-order valence-corrected chi connectivity index (χ3v) is 3.65. The van der Waals surface area contributed by atoms with E-state index >= 15 is 0 Å². The van der Waals surface area contributed by atoms with Crippen molar-refractivity contribution in [1.29, 1.82) is 0 Å². The van der Waals surface area contributed by atoms with Crippen molar-refractivity contribution in [3.8, 4) is 0 Å². The van der Waals surface area contributed by atoms with Gasteiger partial charge in [-0.25, -0.2) is 8.78 Å². The molecule has 4 heteroatoms. The second-order valence-corrected chi connectivity index (χ2v) is 4.94. The first-order chi connectivity index (χ1) is 7.06. The van der Waals surface area contributed by atoms with Crippen molar-refractivity contribution >= 4 is 15.9 Å². The Morgan fingerprint density at radius 2 is 1.73 bits per heavy atom. The molecule has 82 valence electrons. The summed E-state index contributed by atoms with van der Waals surface area (Å²) < 4.78 is 26.1. The molecule has 0 spiro atoms. The van der Waals surface area contributed by atoms with Gasteiger partial charge in [0.05, 0.1) is 6.04 Å². The van der Waals surface area contributed by atoms with Crippen molar-refractivity contribution < 1.29 is 8.78 Å². The van der Waals surface area contributed by atoms with E-state index < -0.39 is 17.9 Å². The predicted octanol–water partition coefficient (Wildman–Crippen LogP) is 3.07. The highest BCUT2D eigenvalue weighted by molar-refractivity contribution is 9.10. The van der Waals surface area contributed by atoms with Crippen LogP contribution in [-0.4, -0.2) is 12.5 Å². The molecule has 2 N–H and O–H groups in total. The van der Waals surface area contributed by atoms with Gasteiger partial charge in [0.1, 0.15) is 0 Å². The van der Waals surface area contributed by atoms with Gasteiger partial charge < -0.3 is 5.73 Å². The lowest BCUT2D eigenvalue weighted by molar-refractivity contribution is 0.0986. The molecule has 1 aromatic carbocycles.